The van der Waals surface area contributed by atoms with Crippen LogP contribution in [0.4, 0.5) is 4.39 Å². The fraction of sp³-hybridized carbons (Fsp3) is 0.625. The van der Waals surface area contributed by atoms with Gasteiger partial charge in [0.15, 0.2) is 0 Å². The maximum Gasteiger partial charge on any atom is 0.214 e. The molecule has 0 unspecified atom stereocenters. The maximum atomic E-state index is 12.9. The second-order valence-corrected chi connectivity index (χ2v) is 7.99. The summed E-state index contributed by atoms with van der Waals surface area (Å²) >= 11 is 0. The Hall–Kier alpha value is -0.980. The van der Waals surface area contributed by atoms with Gasteiger partial charge in [0.05, 0.1) is 11.9 Å². The van der Waals surface area contributed by atoms with Crippen LogP contribution in [0.5, 0.6) is 0 Å². The van der Waals surface area contributed by atoms with Crippen molar-refractivity contribution < 1.29 is 17.9 Å². The van der Waals surface area contributed by atoms with Crippen molar-refractivity contribution in [2.24, 2.45) is 5.92 Å². The Balaban J connectivity index is 1.93. The van der Waals surface area contributed by atoms with Gasteiger partial charge in [0, 0.05) is 13.1 Å². The quantitative estimate of drug-likeness (QED) is 0.873. The molecule has 1 aromatic rings. The summed E-state index contributed by atoms with van der Waals surface area (Å²) in [6.45, 7) is 2.88. The summed E-state index contributed by atoms with van der Waals surface area (Å²) < 4.78 is 38.8. The Morgan fingerprint density at radius 3 is 2.41 bits per heavy atom. The average molecular weight is 329 g/mol. The zero-order chi connectivity index (χ0) is 16.2. The molecular formula is C16H24FNO3S. The highest BCUT2D eigenvalue weighted by molar-refractivity contribution is 7.89. The summed E-state index contributed by atoms with van der Waals surface area (Å²) in [6.07, 6.45) is 2.13. The molecule has 0 bridgehead atoms. The molecule has 0 aromatic heterocycles. The second kappa shape index (κ2) is 7.53. The Bertz CT molecular complexity index is 566. The van der Waals surface area contributed by atoms with Crippen LogP contribution in [-0.4, -0.2) is 36.7 Å². The van der Waals surface area contributed by atoms with Crippen LogP contribution in [-0.2, 0) is 10.0 Å². The van der Waals surface area contributed by atoms with E-state index < -0.39 is 16.1 Å². The lowest BCUT2D eigenvalue weighted by molar-refractivity contribution is 0.0760. The van der Waals surface area contributed by atoms with Gasteiger partial charge in [0.25, 0.3) is 0 Å². The second-order valence-electron chi connectivity index (χ2n) is 5.90. The van der Waals surface area contributed by atoms with E-state index in [0.29, 0.717) is 37.9 Å². The smallest absolute Gasteiger partial charge is 0.214 e. The average Bonchev–Trinajstić information content (AvgIpc) is 2.53. The first kappa shape index (κ1) is 17.4. The van der Waals surface area contributed by atoms with Crippen molar-refractivity contribution in [3.8, 4) is 0 Å². The van der Waals surface area contributed by atoms with Gasteiger partial charge in [0.2, 0.25) is 10.0 Å². The van der Waals surface area contributed by atoms with Crippen molar-refractivity contribution in [3.05, 3.63) is 35.6 Å². The number of aliphatic hydroxyl groups is 1. The van der Waals surface area contributed by atoms with Gasteiger partial charge in [0.1, 0.15) is 5.82 Å². The number of halogens is 1. The van der Waals surface area contributed by atoms with E-state index in [9.17, 15) is 17.9 Å². The molecule has 0 aliphatic carbocycles. The van der Waals surface area contributed by atoms with Crippen LogP contribution in [0.25, 0.3) is 0 Å². The summed E-state index contributed by atoms with van der Waals surface area (Å²) in [7, 11) is -3.16. The van der Waals surface area contributed by atoms with Crippen LogP contribution >= 0.6 is 0 Å². The van der Waals surface area contributed by atoms with E-state index in [1.165, 1.54) is 16.4 Å². The highest BCUT2D eigenvalue weighted by Crippen LogP contribution is 2.31. The molecule has 1 fully saturated rings. The molecule has 1 heterocycles. The lowest BCUT2D eigenvalue weighted by atomic mass is 9.88. The Kier molecular flexibility index (Phi) is 5.94. The van der Waals surface area contributed by atoms with E-state index in [2.05, 4.69) is 0 Å². The number of aliphatic hydroxyl groups excluding tert-OH is 1. The Morgan fingerprint density at radius 2 is 1.86 bits per heavy atom. The molecule has 6 heteroatoms. The molecular weight excluding hydrogens is 305 g/mol. The van der Waals surface area contributed by atoms with Gasteiger partial charge in [-0.3, -0.25) is 0 Å². The normalized spacial score (nSPS) is 19.2. The van der Waals surface area contributed by atoms with Crippen molar-refractivity contribution in [2.75, 3.05) is 18.8 Å². The van der Waals surface area contributed by atoms with Gasteiger partial charge < -0.3 is 5.11 Å². The van der Waals surface area contributed by atoms with Gasteiger partial charge in [-0.25, -0.2) is 17.1 Å². The molecule has 1 saturated heterocycles. The van der Waals surface area contributed by atoms with Crippen LogP contribution in [0, 0.1) is 11.7 Å². The van der Waals surface area contributed by atoms with E-state index in [4.69, 9.17) is 0 Å². The topological polar surface area (TPSA) is 57.6 Å². The minimum absolute atomic E-state index is 0.0167. The third-order valence-electron chi connectivity index (χ3n) is 4.31. The molecule has 0 radical (unpaired) electrons. The molecule has 1 aromatic carbocycles. The minimum atomic E-state index is -3.16. The fourth-order valence-corrected chi connectivity index (χ4v) is 4.54. The van der Waals surface area contributed by atoms with Crippen LogP contribution in [0.1, 0.15) is 44.3 Å². The molecule has 0 amide bonds. The zero-order valence-electron chi connectivity index (χ0n) is 12.9. The number of rotatable bonds is 6. The van der Waals surface area contributed by atoms with Crippen LogP contribution in [0.15, 0.2) is 24.3 Å². The Labute approximate surface area is 132 Å². The van der Waals surface area contributed by atoms with Gasteiger partial charge in [-0.05, 0) is 42.9 Å². The predicted molar refractivity (Wildman–Crippen MR) is 84.4 cm³/mol. The highest BCUT2D eigenvalue weighted by atomic mass is 32.2. The van der Waals surface area contributed by atoms with Crippen molar-refractivity contribution in [2.45, 2.75) is 38.7 Å². The van der Waals surface area contributed by atoms with Crippen molar-refractivity contribution in [1.29, 1.82) is 0 Å². The first-order valence-electron chi connectivity index (χ1n) is 7.85. The molecule has 1 N–H and O–H groups in total. The molecule has 4 nitrogen and oxygen atoms in total. The van der Waals surface area contributed by atoms with Gasteiger partial charge in [-0.15, -0.1) is 0 Å². The summed E-state index contributed by atoms with van der Waals surface area (Å²) in [5, 5.41) is 10.4. The first-order valence-corrected chi connectivity index (χ1v) is 9.46. The highest BCUT2D eigenvalue weighted by Gasteiger charge is 2.31. The van der Waals surface area contributed by atoms with E-state index in [1.54, 1.807) is 12.1 Å². The van der Waals surface area contributed by atoms with E-state index in [1.807, 2.05) is 6.92 Å². The molecule has 124 valence electrons. The SMILES string of the molecule is CCCCS(=O)(=O)N1CCC([C@H](O)c2ccc(F)cc2)CC1. The number of nitrogens with zero attached hydrogens (tertiary/aromatic N) is 1. The number of piperidine rings is 1. The van der Waals surface area contributed by atoms with Gasteiger partial charge >= 0.3 is 0 Å². The monoisotopic (exact) mass is 329 g/mol. The maximum absolute atomic E-state index is 12.9. The zero-order valence-corrected chi connectivity index (χ0v) is 13.7. The molecule has 0 saturated carbocycles. The number of hydrogen-bond acceptors (Lipinski definition) is 3. The summed E-state index contributed by atoms with van der Waals surface area (Å²) in [5.41, 5.74) is 0.689. The van der Waals surface area contributed by atoms with Crippen molar-refractivity contribution in [3.63, 3.8) is 0 Å². The molecule has 1 atom stereocenters. The molecule has 1 aliphatic rings. The van der Waals surface area contributed by atoms with E-state index in [-0.39, 0.29) is 17.5 Å². The number of hydrogen-bond donors (Lipinski definition) is 1. The summed E-state index contributed by atoms with van der Waals surface area (Å²) in [5.74, 6) is -0.106. The van der Waals surface area contributed by atoms with E-state index in [0.717, 1.165) is 6.42 Å². The minimum Gasteiger partial charge on any atom is -0.388 e. The first-order chi connectivity index (χ1) is 10.4. The van der Waals surface area contributed by atoms with Crippen molar-refractivity contribution >= 4 is 10.0 Å². The summed E-state index contributed by atoms with van der Waals surface area (Å²) in [4.78, 5) is 0. The lowest BCUT2D eigenvalue weighted by Crippen LogP contribution is -2.40. The number of sulfonamides is 1. The molecule has 0 spiro atoms. The largest absolute Gasteiger partial charge is 0.388 e. The summed E-state index contributed by atoms with van der Waals surface area (Å²) in [6, 6.07) is 5.85. The molecule has 22 heavy (non-hydrogen) atoms. The fourth-order valence-electron chi connectivity index (χ4n) is 2.86. The lowest BCUT2D eigenvalue weighted by Gasteiger charge is -2.33. The standard InChI is InChI=1S/C16H24FNO3S/c1-2-3-12-22(20,21)18-10-8-14(9-11-18)16(19)13-4-6-15(17)7-5-13/h4-7,14,16,19H,2-3,8-12H2,1H3/t16-/m1/s1. The number of unbranched alkanes of at least 4 members (excludes halogenated alkanes) is 1. The van der Waals surface area contributed by atoms with Crippen LogP contribution in [0.2, 0.25) is 0 Å². The molecule has 2 rings (SSSR count). The van der Waals surface area contributed by atoms with Crippen LogP contribution in [0.3, 0.4) is 0 Å². The third kappa shape index (κ3) is 4.27. The Morgan fingerprint density at radius 1 is 1.27 bits per heavy atom. The van der Waals surface area contributed by atoms with Gasteiger partial charge in [-0.1, -0.05) is 25.5 Å². The van der Waals surface area contributed by atoms with Gasteiger partial charge in [-0.2, -0.15) is 0 Å². The van der Waals surface area contributed by atoms with E-state index >= 15 is 0 Å². The van der Waals surface area contributed by atoms with Crippen LogP contribution < -0.4 is 0 Å². The number of benzene rings is 1. The third-order valence-corrected chi connectivity index (χ3v) is 6.26. The van der Waals surface area contributed by atoms with Crippen molar-refractivity contribution in [1.82, 2.24) is 4.31 Å². The predicted octanol–water partition coefficient (Wildman–Crippen LogP) is 2.70. The molecule has 1 aliphatic heterocycles.